The van der Waals surface area contributed by atoms with Gasteiger partial charge in [-0.2, -0.15) is 0 Å². The van der Waals surface area contributed by atoms with Crippen LogP contribution in [0.2, 0.25) is 0 Å². The summed E-state index contributed by atoms with van der Waals surface area (Å²) >= 11 is 3.11. The van der Waals surface area contributed by atoms with Gasteiger partial charge in [0.15, 0.2) is 5.78 Å². The number of halogens is 2. The second-order valence-corrected chi connectivity index (χ2v) is 4.24. The first kappa shape index (κ1) is 12.3. The molecule has 1 rings (SSSR count). The van der Waals surface area contributed by atoms with Crippen LogP contribution in [-0.4, -0.2) is 19.4 Å². The average molecular weight is 274 g/mol. The number of Topliss-reactive ketones (excluding diaryl/α,β-unsaturated/α-hetero) is 1. The summed E-state index contributed by atoms with van der Waals surface area (Å²) in [7, 11) is 1.69. The van der Waals surface area contributed by atoms with Crippen molar-refractivity contribution in [2.24, 2.45) is 0 Å². The molecule has 0 atom stereocenters. The monoisotopic (exact) mass is 273 g/mol. The van der Waals surface area contributed by atoms with E-state index in [1.807, 2.05) is 6.92 Å². The van der Waals surface area contributed by atoms with Gasteiger partial charge in [-0.3, -0.25) is 4.79 Å². The molecule has 0 aromatic heterocycles. The summed E-state index contributed by atoms with van der Waals surface area (Å²) in [6, 6.07) is 1.43. The van der Waals surface area contributed by atoms with Crippen LogP contribution in [0, 0.1) is 19.7 Å². The van der Waals surface area contributed by atoms with E-state index in [1.54, 1.807) is 14.0 Å². The van der Waals surface area contributed by atoms with Gasteiger partial charge in [-0.25, -0.2) is 4.39 Å². The van der Waals surface area contributed by atoms with Gasteiger partial charge < -0.3 is 5.32 Å². The smallest absolute Gasteiger partial charge is 0.178 e. The molecule has 1 N–H and O–H groups in total. The summed E-state index contributed by atoms with van der Waals surface area (Å²) in [5, 5.41) is 2.77. The van der Waals surface area contributed by atoms with Crippen LogP contribution in [0.1, 0.15) is 21.5 Å². The molecule has 0 heterocycles. The number of benzene rings is 1. The van der Waals surface area contributed by atoms with Crippen LogP contribution >= 0.6 is 15.9 Å². The van der Waals surface area contributed by atoms with Gasteiger partial charge >= 0.3 is 0 Å². The van der Waals surface area contributed by atoms with E-state index in [0.29, 0.717) is 5.56 Å². The first-order valence-corrected chi connectivity index (χ1v) is 5.41. The highest BCUT2D eigenvalue weighted by molar-refractivity contribution is 9.10. The van der Waals surface area contributed by atoms with Crippen LogP contribution in [0.25, 0.3) is 0 Å². The van der Waals surface area contributed by atoms with Crippen LogP contribution in [0.15, 0.2) is 10.5 Å². The minimum absolute atomic E-state index is 0.107. The van der Waals surface area contributed by atoms with Crippen molar-refractivity contribution in [3.63, 3.8) is 0 Å². The van der Waals surface area contributed by atoms with Gasteiger partial charge in [-0.1, -0.05) is 0 Å². The molecular formula is C11H13BrFNO. The summed E-state index contributed by atoms with van der Waals surface area (Å²) in [4.78, 5) is 11.7. The van der Waals surface area contributed by atoms with Gasteiger partial charge in [-0.05, 0) is 54.0 Å². The SMILES string of the molecule is CNCC(=O)c1c(C)c(C)cc(F)c1Br. The van der Waals surface area contributed by atoms with E-state index in [2.05, 4.69) is 21.2 Å². The molecule has 0 bridgehead atoms. The first-order chi connectivity index (χ1) is 6.99. The minimum atomic E-state index is -0.391. The van der Waals surface area contributed by atoms with Crippen molar-refractivity contribution < 1.29 is 9.18 Å². The van der Waals surface area contributed by atoms with E-state index in [4.69, 9.17) is 0 Å². The molecule has 0 saturated heterocycles. The van der Waals surface area contributed by atoms with Crippen molar-refractivity contribution in [1.82, 2.24) is 5.32 Å². The maximum Gasteiger partial charge on any atom is 0.178 e. The molecule has 4 heteroatoms. The van der Waals surface area contributed by atoms with E-state index < -0.39 is 5.82 Å². The van der Waals surface area contributed by atoms with Crippen molar-refractivity contribution >= 4 is 21.7 Å². The zero-order valence-corrected chi connectivity index (χ0v) is 10.5. The predicted octanol–water partition coefficient (Wildman–Crippen LogP) is 2.61. The highest BCUT2D eigenvalue weighted by Crippen LogP contribution is 2.26. The summed E-state index contributed by atoms with van der Waals surface area (Å²) in [5.74, 6) is -0.498. The number of rotatable bonds is 3. The van der Waals surface area contributed by atoms with E-state index in [0.717, 1.165) is 11.1 Å². The fraction of sp³-hybridized carbons (Fsp3) is 0.364. The Morgan fingerprint density at radius 1 is 1.53 bits per heavy atom. The van der Waals surface area contributed by atoms with Crippen LogP contribution in [0.3, 0.4) is 0 Å². The summed E-state index contributed by atoms with van der Waals surface area (Å²) < 4.78 is 13.7. The lowest BCUT2D eigenvalue weighted by molar-refractivity contribution is 0.0991. The molecule has 0 aliphatic heterocycles. The number of aryl methyl sites for hydroxylation is 1. The van der Waals surface area contributed by atoms with Gasteiger partial charge in [0, 0.05) is 5.56 Å². The maximum absolute atomic E-state index is 13.4. The summed E-state index contributed by atoms with van der Waals surface area (Å²) in [6.45, 7) is 3.83. The zero-order chi connectivity index (χ0) is 11.6. The Kier molecular flexibility index (Phi) is 3.99. The Bertz CT molecular complexity index is 378. The summed E-state index contributed by atoms with van der Waals surface area (Å²) in [6.07, 6.45) is 0. The average Bonchev–Trinajstić information content (AvgIpc) is 2.16. The van der Waals surface area contributed by atoms with E-state index in [-0.39, 0.29) is 16.8 Å². The van der Waals surface area contributed by atoms with Crippen LogP contribution in [-0.2, 0) is 0 Å². The third-order valence-corrected chi connectivity index (χ3v) is 3.13. The molecule has 0 saturated carbocycles. The Balaban J connectivity index is 3.32. The zero-order valence-electron chi connectivity index (χ0n) is 8.95. The van der Waals surface area contributed by atoms with Gasteiger partial charge in [-0.15, -0.1) is 0 Å². The lowest BCUT2D eigenvalue weighted by Crippen LogP contribution is -2.20. The fourth-order valence-electron chi connectivity index (χ4n) is 1.42. The van der Waals surface area contributed by atoms with E-state index >= 15 is 0 Å². The number of ketones is 1. The molecule has 15 heavy (non-hydrogen) atoms. The number of likely N-dealkylation sites (N-methyl/N-ethyl adjacent to an activating group) is 1. The van der Waals surface area contributed by atoms with Crippen molar-refractivity contribution in [1.29, 1.82) is 0 Å². The maximum atomic E-state index is 13.4. The van der Waals surface area contributed by atoms with Crippen molar-refractivity contribution in [3.8, 4) is 0 Å². The fourth-order valence-corrected chi connectivity index (χ4v) is 2.06. The Hall–Kier alpha value is -0.740. The lowest BCUT2D eigenvalue weighted by atomic mass is 10.00. The Morgan fingerprint density at radius 2 is 2.13 bits per heavy atom. The standard InChI is InChI=1S/C11H13BrFNO/c1-6-4-8(13)11(12)10(7(6)2)9(15)5-14-3/h4,14H,5H2,1-3H3. The van der Waals surface area contributed by atoms with Crippen molar-refractivity contribution in [2.75, 3.05) is 13.6 Å². The van der Waals surface area contributed by atoms with Crippen molar-refractivity contribution in [2.45, 2.75) is 13.8 Å². The van der Waals surface area contributed by atoms with E-state index in [9.17, 15) is 9.18 Å². The largest absolute Gasteiger partial charge is 0.313 e. The topological polar surface area (TPSA) is 29.1 Å². The number of carbonyl (C=O) groups excluding carboxylic acids is 1. The molecule has 82 valence electrons. The van der Waals surface area contributed by atoms with Gasteiger partial charge in [0.2, 0.25) is 0 Å². The van der Waals surface area contributed by atoms with Crippen LogP contribution in [0.5, 0.6) is 0 Å². The highest BCUT2D eigenvalue weighted by atomic mass is 79.9. The molecule has 0 radical (unpaired) electrons. The first-order valence-electron chi connectivity index (χ1n) is 4.62. The second-order valence-electron chi connectivity index (χ2n) is 3.44. The normalized spacial score (nSPS) is 10.5. The third kappa shape index (κ3) is 2.44. The second kappa shape index (κ2) is 4.86. The van der Waals surface area contributed by atoms with Crippen LogP contribution < -0.4 is 5.32 Å². The molecule has 0 amide bonds. The molecule has 2 nitrogen and oxygen atoms in total. The van der Waals surface area contributed by atoms with Gasteiger partial charge in [0.1, 0.15) is 5.82 Å². The van der Waals surface area contributed by atoms with Crippen molar-refractivity contribution in [3.05, 3.63) is 33.0 Å². The molecule has 0 aliphatic carbocycles. The van der Waals surface area contributed by atoms with Crippen LogP contribution in [0.4, 0.5) is 4.39 Å². The molecule has 0 spiro atoms. The Labute approximate surface area is 97.0 Å². The molecular weight excluding hydrogens is 261 g/mol. The third-order valence-electron chi connectivity index (χ3n) is 2.36. The van der Waals surface area contributed by atoms with E-state index in [1.165, 1.54) is 6.07 Å². The molecule has 0 fully saturated rings. The number of nitrogens with one attached hydrogen (secondary N) is 1. The molecule has 1 aromatic rings. The lowest BCUT2D eigenvalue weighted by Gasteiger charge is -2.11. The molecule has 1 aromatic carbocycles. The van der Waals surface area contributed by atoms with Gasteiger partial charge in [0.05, 0.1) is 11.0 Å². The summed E-state index contributed by atoms with van der Waals surface area (Å²) in [5.41, 5.74) is 2.04. The quantitative estimate of drug-likeness (QED) is 0.858. The molecule has 0 unspecified atom stereocenters. The number of hydrogen-bond acceptors (Lipinski definition) is 2. The number of carbonyl (C=O) groups is 1. The predicted molar refractivity (Wildman–Crippen MR) is 61.8 cm³/mol. The van der Waals surface area contributed by atoms with Gasteiger partial charge in [0.25, 0.3) is 0 Å². The highest BCUT2D eigenvalue weighted by Gasteiger charge is 2.17. The molecule has 0 aliphatic rings. The Morgan fingerprint density at radius 3 is 2.67 bits per heavy atom. The minimum Gasteiger partial charge on any atom is -0.313 e. The number of hydrogen-bond donors (Lipinski definition) is 1.